The van der Waals surface area contributed by atoms with Crippen LogP contribution in [0.15, 0.2) is 24.4 Å². The van der Waals surface area contributed by atoms with Crippen LogP contribution in [-0.2, 0) is 16.1 Å². The molecule has 0 amide bonds. The van der Waals surface area contributed by atoms with Crippen molar-refractivity contribution < 1.29 is 22.7 Å². The highest BCUT2D eigenvalue weighted by atomic mass is 19.1. The number of nitrogens with two attached hydrogens (primary N) is 1. The molecule has 0 saturated carbocycles. The fourth-order valence-electron chi connectivity index (χ4n) is 3.36. The Morgan fingerprint density at radius 2 is 1.94 bits per heavy atom. The van der Waals surface area contributed by atoms with Gasteiger partial charge in [0.2, 0.25) is 0 Å². The fourth-order valence-corrected chi connectivity index (χ4v) is 3.36. The molecular formula is C22H25F3N4O2. The van der Waals surface area contributed by atoms with Crippen LogP contribution in [0.25, 0.3) is 22.2 Å². The number of benzene rings is 1. The van der Waals surface area contributed by atoms with Gasteiger partial charge < -0.3 is 20.8 Å². The third-order valence-corrected chi connectivity index (χ3v) is 5.19. The maximum absolute atomic E-state index is 14.8. The number of nitrogens with zero attached hydrogens (tertiary/aromatic N) is 1. The van der Waals surface area contributed by atoms with Crippen LogP contribution in [0.4, 0.5) is 19.0 Å². The molecule has 0 bridgehead atoms. The second kappa shape index (κ2) is 8.58. The highest BCUT2D eigenvalue weighted by Gasteiger charge is 2.29. The first-order valence-electron chi connectivity index (χ1n) is 9.74. The van der Waals surface area contributed by atoms with Gasteiger partial charge in [0.15, 0.2) is 11.6 Å². The van der Waals surface area contributed by atoms with E-state index >= 15 is 0 Å². The molecule has 3 rings (SSSR count). The van der Waals surface area contributed by atoms with Crippen molar-refractivity contribution in [2.24, 2.45) is 11.1 Å². The monoisotopic (exact) mass is 434 g/mol. The summed E-state index contributed by atoms with van der Waals surface area (Å²) in [4.78, 5) is 19.0. The van der Waals surface area contributed by atoms with Crippen molar-refractivity contribution in [3.8, 4) is 11.3 Å². The Labute approximate surface area is 178 Å². The second-order valence-electron chi connectivity index (χ2n) is 8.39. The minimum absolute atomic E-state index is 0.00139. The Kier molecular flexibility index (Phi) is 6.26. The van der Waals surface area contributed by atoms with E-state index < -0.39 is 34.9 Å². The molecule has 0 saturated heterocycles. The number of anilines is 1. The van der Waals surface area contributed by atoms with Gasteiger partial charge in [0.05, 0.1) is 24.7 Å². The Bertz CT molecular complexity index is 1120. The Morgan fingerprint density at radius 3 is 2.55 bits per heavy atom. The average Bonchev–Trinajstić information content (AvgIpc) is 3.11. The molecule has 0 aliphatic carbocycles. The third kappa shape index (κ3) is 4.66. The van der Waals surface area contributed by atoms with E-state index in [0.29, 0.717) is 11.1 Å². The van der Waals surface area contributed by atoms with E-state index in [1.54, 1.807) is 0 Å². The van der Waals surface area contributed by atoms with Gasteiger partial charge >= 0.3 is 5.97 Å². The number of fused-ring (bicyclic) bond motifs is 1. The largest absolute Gasteiger partial charge is 0.469 e. The maximum Gasteiger partial charge on any atom is 0.307 e. The lowest BCUT2D eigenvalue weighted by molar-refractivity contribution is -0.141. The lowest BCUT2D eigenvalue weighted by atomic mass is 9.84. The van der Waals surface area contributed by atoms with E-state index in [-0.39, 0.29) is 35.4 Å². The van der Waals surface area contributed by atoms with Crippen LogP contribution in [0.1, 0.15) is 32.8 Å². The topological polar surface area (TPSA) is 93.0 Å². The van der Waals surface area contributed by atoms with Crippen molar-refractivity contribution in [1.82, 2.24) is 9.97 Å². The van der Waals surface area contributed by atoms with Gasteiger partial charge in [-0.2, -0.15) is 0 Å². The van der Waals surface area contributed by atoms with Crippen LogP contribution in [0, 0.1) is 22.9 Å². The molecule has 2 aromatic heterocycles. The van der Waals surface area contributed by atoms with Crippen LogP contribution in [0.3, 0.4) is 0 Å². The number of rotatable bonds is 6. The second-order valence-corrected chi connectivity index (χ2v) is 8.39. The maximum atomic E-state index is 14.8. The first kappa shape index (κ1) is 22.6. The van der Waals surface area contributed by atoms with Gasteiger partial charge in [-0.05, 0) is 23.1 Å². The summed E-state index contributed by atoms with van der Waals surface area (Å²) < 4.78 is 47.6. The molecule has 1 atom stereocenters. The number of hydrogen-bond donors (Lipinski definition) is 3. The first-order valence-corrected chi connectivity index (χ1v) is 9.74. The van der Waals surface area contributed by atoms with Gasteiger partial charge in [0, 0.05) is 35.8 Å². The molecule has 3 aromatic rings. The van der Waals surface area contributed by atoms with E-state index in [0.717, 1.165) is 6.07 Å². The molecule has 0 aliphatic heterocycles. The van der Waals surface area contributed by atoms with Crippen LogP contribution < -0.4 is 11.1 Å². The summed E-state index contributed by atoms with van der Waals surface area (Å²) in [5, 5.41) is 3.25. The molecule has 9 heteroatoms. The van der Waals surface area contributed by atoms with Gasteiger partial charge in [-0.25, -0.2) is 18.2 Å². The number of nitrogens with one attached hydrogen (secondary N) is 2. The number of methoxy groups -OCH3 is 1. The van der Waals surface area contributed by atoms with E-state index in [4.69, 9.17) is 10.5 Å². The number of halogens is 3. The van der Waals surface area contributed by atoms with Crippen molar-refractivity contribution in [3.05, 3.63) is 47.4 Å². The lowest BCUT2D eigenvalue weighted by Gasteiger charge is -2.31. The van der Waals surface area contributed by atoms with Crippen molar-refractivity contribution in [3.63, 3.8) is 0 Å². The number of carbonyl (C=O) groups is 1. The Hall–Kier alpha value is -3.07. The lowest BCUT2D eigenvalue weighted by Crippen LogP contribution is -2.37. The zero-order chi connectivity index (χ0) is 22.9. The van der Waals surface area contributed by atoms with Crippen molar-refractivity contribution in [2.45, 2.75) is 39.8 Å². The molecule has 2 heterocycles. The molecule has 0 fully saturated rings. The van der Waals surface area contributed by atoms with E-state index in [1.807, 2.05) is 20.8 Å². The van der Waals surface area contributed by atoms with Crippen molar-refractivity contribution in [1.29, 1.82) is 0 Å². The van der Waals surface area contributed by atoms with Gasteiger partial charge in [-0.3, -0.25) is 4.79 Å². The summed E-state index contributed by atoms with van der Waals surface area (Å²) in [6, 6.07) is 2.70. The molecule has 166 valence electrons. The standard InChI is InChI=1S/C22H25F3N4O2/c1-22(2,3)17(8-18(30)31-4)28-21-16(25)5-11(9-26)19(29-21)14-10-27-20-13(14)6-12(23)7-15(20)24/h5-7,10,17,27H,8-9,26H2,1-4H3,(H,28,29). The summed E-state index contributed by atoms with van der Waals surface area (Å²) in [6.07, 6.45) is 1.48. The quantitative estimate of drug-likeness (QED) is 0.497. The third-order valence-electron chi connectivity index (χ3n) is 5.19. The number of aromatic amines is 1. The number of hydrogen-bond acceptors (Lipinski definition) is 5. The average molecular weight is 434 g/mol. The molecule has 0 aliphatic rings. The van der Waals surface area contributed by atoms with Gasteiger partial charge in [-0.15, -0.1) is 0 Å². The molecule has 1 unspecified atom stereocenters. The molecular weight excluding hydrogens is 409 g/mol. The van der Waals surface area contributed by atoms with Crippen molar-refractivity contribution in [2.75, 3.05) is 12.4 Å². The van der Waals surface area contributed by atoms with Crippen LogP contribution >= 0.6 is 0 Å². The highest BCUT2D eigenvalue weighted by Crippen LogP contribution is 2.34. The number of H-pyrrole nitrogens is 1. The first-order chi connectivity index (χ1) is 14.5. The summed E-state index contributed by atoms with van der Waals surface area (Å²) >= 11 is 0. The smallest absolute Gasteiger partial charge is 0.307 e. The zero-order valence-corrected chi connectivity index (χ0v) is 17.8. The number of pyridine rings is 1. The molecule has 31 heavy (non-hydrogen) atoms. The number of carbonyl (C=O) groups excluding carboxylic acids is 1. The van der Waals surface area contributed by atoms with Crippen LogP contribution in [0.5, 0.6) is 0 Å². The summed E-state index contributed by atoms with van der Waals surface area (Å²) in [7, 11) is 1.28. The summed E-state index contributed by atoms with van der Waals surface area (Å²) in [6.45, 7) is 5.65. The number of esters is 1. The predicted molar refractivity (Wildman–Crippen MR) is 113 cm³/mol. The normalized spacial score (nSPS) is 12.8. The molecule has 0 radical (unpaired) electrons. The van der Waals surface area contributed by atoms with E-state index in [1.165, 1.54) is 25.4 Å². The molecule has 6 nitrogen and oxygen atoms in total. The minimum atomic E-state index is -0.748. The van der Waals surface area contributed by atoms with Gasteiger partial charge in [0.25, 0.3) is 0 Å². The number of aromatic nitrogens is 2. The Balaban J connectivity index is 2.12. The Morgan fingerprint density at radius 1 is 1.23 bits per heavy atom. The van der Waals surface area contributed by atoms with Crippen LogP contribution in [-0.4, -0.2) is 29.1 Å². The van der Waals surface area contributed by atoms with Crippen LogP contribution in [0.2, 0.25) is 0 Å². The highest BCUT2D eigenvalue weighted by molar-refractivity contribution is 5.95. The molecule has 4 N–H and O–H groups in total. The van der Waals surface area contributed by atoms with E-state index in [2.05, 4.69) is 15.3 Å². The zero-order valence-electron chi connectivity index (χ0n) is 17.8. The summed E-state index contributed by atoms with van der Waals surface area (Å²) in [5.74, 6) is -2.69. The van der Waals surface area contributed by atoms with Crippen molar-refractivity contribution >= 4 is 22.7 Å². The molecule has 1 aromatic carbocycles. The predicted octanol–water partition coefficient (Wildman–Crippen LogP) is 4.50. The molecule has 0 spiro atoms. The van der Waals surface area contributed by atoms with Gasteiger partial charge in [-0.1, -0.05) is 20.8 Å². The number of ether oxygens (including phenoxy) is 1. The van der Waals surface area contributed by atoms with E-state index in [9.17, 15) is 18.0 Å². The fraction of sp³-hybridized carbons (Fsp3) is 0.364. The SMILES string of the molecule is COC(=O)CC(Nc1nc(-c2c[nH]c3c(F)cc(F)cc23)c(CN)cc1F)C(C)(C)C. The van der Waals surface area contributed by atoms with Gasteiger partial charge in [0.1, 0.15) is 11.6 Å². The summed E-state index contributed by atoms with van der Waals surface area (Å²) in [5.41, 5.74) is 6.51. The minimum Gasteiger partial charge on any atom is -0.469 e.